The molecule has 0 atom stereocenters. The highest BCUT2D eigenvalue weighted by Gasteiger charge is 2.35. The van der Waals surface area contributed by atoms with Crippen LogP contribution < -0.4 is 5.32 Å². The number of fused-ring (bicyclic) bond motifs is 2. The average Bonchev–Trinajstić information content (AvgIpc) is 3.19. The van der Waals surface area contributed by atoms with Crippen molar-refractivity contribution in [1.82, 2.24) is 29.8 Å². The lowest BCUT2D eigenvalue weighted by Gasteiger charge is -2.13. The number of amides is 3. The van der Waals surface area contributed by atoms with E-state index in [1.165, 1.54) is 18.5 Å². The molecule has 0 radical (unpaired) electrons. The van der Waals surface area contributed by atoms with Gasteiger partial charge in [-0.15, -0.1) is 10.2 Å². The van der Waals surface area contributed by atoms with E-state index in [1.807, 2.05) is 24.4 Å². The Balaban J connectivity index is 1.35. The number of nitrogens with zero attached hydrogens (tertiary/aromatic N) is 5. The Morgan fingerprint density at radius 2 is 1.92 bits per heavy atom. The number of imide groups is 1. The van der Waals surface area contributed by atoms with Crippen LogP contribution in [0.15, 0.2) is 42.9 Å². The number of hydrogen-bond donors (Lipinski definition) is 1. The van der Waals surface area contributed by atoms with E-state index in [2.05, 4.69) is 20.5 Å². The Labute approximate surface area is 147 Å². The fraction of sp³-hybridized carbons (Fsp3) is 0.176. The van der Waals surface area contributed by atoms with Crippen molar-refractivity contribution in [3.05, 3.63) is 59.8 Å². The molecule has 26 heavy (non-hydrogen) atoms. The smallest absolute Gasteiger partial charge is 0.263 e. The summed E-state index contributed by atoms with van der Waals surface area (Å²) in [6.07, 6.45) is 4.65. The fourth-order valence-electron chi connectivity index (χ4n) is 2.83. The molecule has 0 unspecified atom stereocenters. The Morgan fingerprint density at radius 3 is 2.77 bits per heavy atom. The third kappa shape index (κ3) is 2.69. The van der Waals surface area contributed by atoms with Gasteiger partial charge in [-0.3, -0.25) is 28.7 Å². The second-order valence-corrected chi connectivity index (χ2v) is 5.75. The molecular formula is C17H14N6O3. The van der Waals surface area contributed by atoms with E-state index >= 15 is 0 Å². The van der Waals surface area contributed by atoms with Crippen molar-refractivity contribution < 1.29 is 14.4 Å². The molecule has 130 valence electrons. The quantitative estimate of drug-likeness (QED) is 0.668. The lowest BCUT2D eigenvalue weighted by Crippen LogP contribution is -2.34. The van der Waals surface area contributed by atoms with Crippen molar-refractivity contribution >= 4 is 23.4 Å². The molecule has 9 heteroatoms. The summed E-state index contributed by atoms with van der Waals surface area (Å²) in [6.45, 7) is 0.217. The fourth-order valence-corrected chi connectivity index (χ4v) is 2.83. The lowest BCUT2D eigenvalue weighted by molar-refractivity contribution is -0.121. The van der Waals surface area contributed by atoms with Crippen LogP contribution >= 0.6 is 0 Å². The van der Waals surface area contributed by atoms with Gasteiger partial charge < -0.3 is 5.32 Å². The first-order chi connectivity index (χ1) is 12.6. The lowest BCUT2D eigenvalue weighted by atomic mass is 10.2. The summed E-state index contributed by atoms with van der Waals surface area (Å²) in [7, 11) is 0. The molecule has 1 aliphatic heterocycles. The van der Waals surface area contributed by atoms with Crippen LogP contribution in [-0.2, 0) is 11.3 Å². The maximum Gasteiger partial charge on any atom is 0.263 e. The van der Waals surface area contributed by atoms with E-state index in [1.54, 1.807) is 4.40 Å². The van der Waals surface area contributed by atoms with Crippen LogP contribution in [0.1, 0.15) is 33.0 Å². The zero-order valence-corrected chi connectivity index (χ0v) is 13.6. The van der Waals surface area contributed by atoms with Crippen LogP contribution in [0.5, 0.6) is 0 Å². The number of carbonyl (C=O) groups is 3. The van der Waals surface area contributed by atoms with E-state index in [4.69, 9.17) is 0 Å². The predicted octanol–water partition coefficient (Wildman–Crippen LogP) is 0.427. The van der Waals surface area contributed by atoms with Crippen molar-refractivity contribution in [3.63, 3.8) is 0 Å². The van der Waals surface area contributed by atoms with Gasteiger partial charge in [0.1, 0.15) is 0 Å². The normalized spacial score (nSPS) is 13.3. The SMILES string of the molecule is O=C(CCN1C(=O)c2ccncc2C1=O)NCc1nnc2ccccn12. The molecular weight excluding hydrogens is 336 g/mol. The standard InChI is InChI=1S/C17H14N6O3/c24-15(19-10-14-21-20-13-3-1-2-7-22(13)14)5-8-23-16(25)11-4-6-18-9-12(11)17(23)26/h1-4,6-7,9H,5,8,10H2,(H,19,24). The summed E-state index contributed by atoms with van der Waals surface area (Å²) in [5.41, 5.74) is 1.28. The zero-order valence-electron chi connectivity index (χ0n) is 13.6. The van der Waals surface area contributed by atoms with E-state index in [9.17, 15) is 14.4 Å². The molecule has 4 heterocycles. The molecule has 3 aromatic heterocycles. The van der Waals surface area contributed by atoms with Gasteiger partial charge in [-0.2, -0.15) is 0 Å². The maximum absolute atomic E-state index is 12.2. The molecule has 0 saturated carbocycles. The predicted molar refractivity (Wildman–Crippen MR) is 89.1 cm³/mol. The summed E-state index contributed by atoms with van der Waals surface area (Å²) in [4.78, 5) is 41.5. The van der Waals surface area contributed by atoms with Gasteiger partial charge in [-0.25, -0.2) is 0 Å². The van der Waals surface area contributed by atoms with Crippen molar-refractivity contribution in [1.29, 1.82) is 0 Å². The number of hydrogen-bond acceptors (Lipinski definition) is 6. The molecule has 3 aromatic rings. The van der Waals surface area contributed by atoms with Gasteiger partial charge in [0.25, 0.3) is 11.8 Å². The number of pyridine rings is 2. The Bertz CT molecular complexity index is 993. The maximum atomic E-state index is 12.2. The van der Waals surface area contributed by atoms with Crippen molar-refractivity contribution in [2.75, 3.05) is 6.54 Å². The summed E-state index contributed by atoms with van der Waals surface area (Å²) < 4.78 is 1.78. The van der Waals surface area contributed by atoms with Gasteiger partial charge in [0, 0.05) is 31.6 Å². The molecule has 0 saturated heterocycles. The van der Waals surface area contributed by atoms with E-state index in [0.29, 0.717) is 17.0 Å². The number of aromatic nitrogens is 4. The van der Waals surface area contributed by atoms with Crippen molar-refractivity contribution in [3.8, 4) is 0 Å². The highest BCUT2D eigenvalue weighted by molar-refractivity contribution is 6.21. The first-order valence-corrected chi connectivity index (χ1v) is 8.00. The average molecular weight is 350 g/mol. The molecule has 0 aliphatic carbocycles. The van der Waals surface area contributed by atoms with Crippen molar-refractivity contribution in [2.24, 2.45) is 0 Å². The second kappa shape index (κ2) is 6.36. The van der Waals surface area contributed by atoms with E-state index < -0.39 is 11.8 Å². The van der Waals surface area contributed by atoms with Gasteiger partial charge >= 0.3 is 0 Å². The van der Waals surface area contributed by atoms with E-state index in [-0.39, 0.29) is 31.0 Å². The van der Waals surface area contributed by atoms with Crippen LogP contribution in [0.3, 0.4) is 0 Å². The van der Waals surface area contributed by atoms with Crippen LogP contribution in [0.4, 0.5) is 0 Å². The number of rotatable bonds is 5. The van der Waals surface area contributed by atoms with E-state index in [0.717, 1.165) is 4.90 Å². The van der Waals surface area contributed by atoms with Gasteiger partial charge in [0.05, 0.1) is 17.7 Å². The Morgan fingerprint density at radius 1 is 1.08 bits per heavy atom. The summed E-state index contributed by atoms with van der Waals surface area (Å²) in [5.74, 6) is -0.508. The summed E-state index contributed by atoms with van der Waals surface area (Å²) >= 11 is 0. The molecule has 9 nitrogen and oxygen atoms in total. The molecule has 1 aliphatic rings. The topological polar surface area (TPSA) is 110 Å². The minimum atomic E-state index is -0.422. The van der Waals surface area contributed by atoms with Crippen molar-refractivity contribution in [2.45, 2.75) is 13.0 Å². The Hall–Kier alpha value is -3.62. The first kappa shape index (κ1) is 15.9. The highest BCUT2D eigenvalue weighted by atomic mass is 16.2. The molecule has 3 amide bonds. The molecule has 0 aromatic carbocycles. The van der Waals surface area contributed by atoms with Gasteiger partial charge in [0.2, 0.25) is 5.91 Å². The zero-order chi connectivity index (χ0) is 18.1. The minimum absolute atomic E-state index is 0.00956. The van der Waals surface area contributed by atoms with Gasteiger partial charge in [-0.05, 0) is 18.2 Å². The highest BCUT2D eigenvalue weighted by Crippen LogP contribution is 2.21. The number of nitrogens with one attached hydrogen (secondary N) is 1. The third-order valence-corrected chi connectivity index (χ3v) is 4.16. The molecule has 0 bridgehead atoms. The summed E-state index contributed by atoms with van der Waals surface area (Å²) in [6, 6.07) is 7.02. The second-order valence-electron chi connectivity index (χ2n) is 5.75. The first-order valence-electron chi connectivity index (χ1n) is 8.00. The van der Waals surface area contributed by atoms with Crippen LogP contribution in [0.25, 0.3) is 5.65 Å². The number of carbonyl (C=O) groups excluding carboxylic acids is 3. The largest absolute Gasteiger partial charge is 0.349 e. The molecule has 1 N–H and O–H groups in total. The monoisotopic (exact) mass is 350 g/mol. The molecule has 0 spiro atoms. The van der Waals surface area contributed by atoms with Crippen LogP contribution in [-0.4, -0.2) is 48.7 Å². The van der Waals surface area contributed by atoms with Crippen LogP contribution in [0.2, 0.25) is 0 Å². The Kier molecular flexibility index (Phi) is 3.88. The van der Waals surface area contributed by atoms with Gasteiger partial charge in [-0.1, -0.05) is 6.07 Å². The third-order valence-electron chi connectivity index (χ3n) is 4.16. The summed E-state index contributed by atoms with van der Waals surface area (Å²) in [5, 5.41) is 10.8. The minimum Gasteiger partial charge on any atom is -0.349 e. The van der Waals surface area contributed by atoms with Gasteiger partial charge in [0.15, 0.2) is 11.5 Å². The molecule has 0 fully saturated rings. The molecule has 4 rings (SSSR count). The van der Waals surface area contributed by atoms with Crippen LogP contribution in [0, 0.1) is 0 Å².